The van der Waals surface area contributed by atoms with Gasteiger partial charge in [-0.2, -0.15) is 0 Å². The summed E-state index contributed by atoms with van der Waals surface area (Å²) in [6, 6.07) is 0. The van der Waals surface area contributed by atoms with Crippen LogP contribution in [0.5, 0.6) is 0 Å². The first-order valence-electron chi connectivity index (χ1n) is 6.37. The van der Waals surface area contributed by atoms with Crippen molar-refractivity contribution in [2.75, 3.05) is 0 Å². The Morgan fingerprint density at radius 2 is 2.00 bits per heavy atom. The van der Waals surface area contributed by atoms with Crippen LogP contribution in [0.2, 0.25) is 0 Å². The van der Waals surface area contributed by atoms with Crippen LogP contribution in [0.15, 0.2) is 0 Å². The van der Waals surface area contributed by atoms with E-state index in [2.05, 4.69) is 38.3 Å². The lowest BCUT2D eigenvalue weighted by Crippen LogP contribution is -2.66. The fourth-order valence-corrected chi connectivity index (χ4v) is 3.17. The first kappa shape index (κ1) is 13.5. The zero-order valence-corrected chi connectivity index (χ0v) is 11.3. The Bertz CT molecular complexity index is 263. The van der Waals surface area contributed by atoms with Crippen molar-refractivity contribution in [1.82, 2.24) is 10.6 Å². The largest absolute Gasteiger partial charge is 0.338 e. The molecule has 0 spiro atoms. The molecule has 16 heavy (non-hydrogen) atoms. The van der Waals surface area contributed by atoms with E-state index in [1.54, 1.807) is 0 Å². The fraction of sp³-hybridized carbons (Fsp3) is 0.923. The normalized spacial score (nSPS) is 33.4. The first-order chi connectivity index (χ1) is 7.26. The van der Waals surface area contributed by atoms with Gasteiger partial charge in [-0.15, -0.1) is 0 Å². The zero-order valence-electron chi connectivity index (χ0n) is 11.3. The molecule has 0 aliphatic carbocycles. The van der Waals surface area contributed by atoms with Crippen LogP contribution in [-0.4, -0.2) is 17.1 Å². The van der Waals surface area contributed by atoms with Gasteiger partial charge in [0.2, 0.25) is 5.91 Å². The molecule has 1 rings (SSSR count). The van der Waals surface area contributed by atoms with Crippen LogP contribution in [0.3, 0.4) is 0 Å². The third-order valence-electron chi connectivity index (χ3n) is 3.12. The van der Waals surface area contributed by atoms with Crippen LogP contribution >= 0.6 is 0 Å². The van der Waals surface area contributed by atoms with Crippen molar-refractivity contribution in [1.29, 1.82) is 0 Å². The van der Waals surface area contributed by atoms with E-state index in [-0.39, 0.29) is 17.1 Å². The van der Waals surface area contributed by atoms with Crippen LogP contribution in [0.25, 0.3) is 0 Å². The van der Waals surface area contributed by atoms with E-state index in [9.17, 15) is 4.79 Å². The Balaban J connectivity index is 2.65. The summed E-state index contributed by atoms with van der Waals surface area (Å²) >= 11 is 0. The van der Waals surface area contributed by atoms with Gasteiger partial charge in [0.05, 0.1) is 5.66 Å². The summed E-state index contributed by atoms with van der Waals surface area (Å²) in [6.45, 7) is 10.8. The molecular formula is C13H26N2O. The van der Waals surface area contributed by atoms with Crippen molar-refractivity contribution < 1.29 is 4.79 Å². The van der Waals surface area contributed by atoms with Gasteiger partial charge in [-0.1, -0.05) is 13.8 Å². The molecule has 1 aliphatic heterocycles. The predicted molar refractivity (Wildman–Crippen MR) is 67.1 cm³/mol. The predicted octanol–water partition coefficient (Wildman–Crippen LogP) is 2.42. The number of amides is 1. The zero-order chi connectivity index (χ0) is 12.4. The lowest BCUT2D eigenvalue weighted by atomic mass is 9.79. The lowest BCUT2D eigenvalue weighted by molar-refractivity contribution is -0.124. The molecule has 0 radical (unpaired) electrons. The van der Waals surface area contributed by atoms with Gasteiger partial charge in [0.15, 0.2) is 0 Å². The first-order valence-corrected chi connectivity index (χ1v) is 6.37. The maximum absolute atomic E-state index is 11.7. The molecule has 0 saturated carbocycles. The van der Waals surface area contributed by atoms with Crippen LogP contribution < -0.4 is 10.6 Å². The molecule has 3 heteroatoms. The monoisotopic (exact) mass is 226 g/mol. The maximum Gasteiger partial charge on any atom is 0.221 e. The quantitative estimate of drug-likeness (QED) is 0.776. The Hall–Kier alpha value is -0.570. The highest BCUT2D eigenvalue weighted by molar-refractivity contribution is 5.76. The number of carbonyl (C=O) groups is 1. The minimum absolute atomic E-state index is 0.103. The highest BCUT2D eigenvalue weighted by Gasteiger charge is 2.39. The van der Waals surface area contributed by atoms with E-state index in [4.69, 9.17) is 0 Å². The SMILES string of the molecule is CCCC(=O)NC1(C)CC(C)CC(C)(C)N1. The molecule has 2 atom stereocenters. The highest BCUT2D eigenvalue weighted by atomic mass is 16.1. The molecule has 0 bridgehead atoms. The number of nitrogens with one attached hydrogen (secondary N) is 2. The van der Waals surface area contributed by atoms with Gasteiger partial charge in [0, 0.05) is 12.0 Å². The molecular weight excluding hydrogens is 200 g/mol. The average molecular weight is 226 g/mol. The number of hydrogen-bond donors (Lipinski definition) is 2. The Kier molecular flexibility index (Phi) is 4.00. The summed E-state index contributed by atoms with van der Waals surface area (Å²) in [5.74, 6) is 0.797. The van der Waals surface area contributed by atoms with Gasteiger partial charge in [0.1, 0.15) is 0 Å². The van der Waals surface area contributed by atoms with Crippen molar-refractivity contribution in [3.05, 3.63) is 0 Å². The smallest absolute Gasteiger partial charge is 0.221 e. The van der Waals surface area contributed by atoms with Crippen LogP contribution in [-0.2, 0) is 4.79 Å². The van der Waals surface area contributed by atoms with Crippen molar-refractivity contribution in [2.45, 2.75) is 71.5 Å². The summed E-state index contributed by atoms with van der Waals surface area (Å²) in [7, 11) is 0. The van der Waals surface area contributed by atoms with Gasteiger partial charge in [-0.25, -0.2) is 0 Å². The summed E-state index contributed by atoms with van der Waals surface area (Å²) in [4.78, 5) is 11.7. The molecule has 1 amide bonds. The van der Waals surface area contributed by atoms with Gasteiger partial charge in [-0.3, -0.25) is 10.1 Å². The van der Waals surface area contributed by atoms with Crippen LogP contribution in [0.1, 0.15) is 60.3 Å². The molecule has 3 nitrogen and oxygen atoms in total. The topological polar surface area (TPSA) is 41.1 Å². The van der Waals surface area contributed by atoms with E-state index in [0.29, 0.717) is 12.3 Å². The van der Waals surface area contributed by atoms with Crippen molar-refractivity contribution in [3.8, 4) is 0 Å². The maximum atomic E-state index is 11.7. The molecule has 1 aliphatic rings. The third kappa shape index (κ3) is 3.78. The average Bonchev–Trinajstić information content (AvgIpc) is 1.96. The second-order valence-electron chi connectivity index (χ2n) is 6.15. The van der Waals surface area contributed by atoms with Crippen molar-refractivity contribution in [3.63, 3.8) is 0 Å². The van der Waals surface area contributed by atoms with Crippen molar-refractivity contribution in [2.24, 2.45) is 5.92 Å². The van der Waals surface area contributed by atoms with E-state index >= 15 is 0 Å². The number of rotatable bonds is 3. The van der Waals surface area contributed by atoms with Gasteiger partial charge in [-0.05, 0) is 46.0 Å². The van der Waals surface area contributed by atoms with E-state index < -0.39 is 0 Å². The fourth-order valence-electron chi connectivity index (χ4n) is 3.17. The minimum atomic E-state index is -0.243. The molecule has 0 aromatic heterocycles. The Labute approximate surface area is 99.4 Å². The van der Waals surface area contributed by atoms with Gasteiger partial charge in [0.25, 0.3) is 0 Å². The van der Waals surface area contributed by atoms with E-state index in [0.717, 1.165) is 19.3 Å². The van der Waals surface area contributed by atoms with Gasteiger partial charge < -0.3 is 5.32 Å². The lowest BCUT2D eigenvalue weighted by Gasteiger charge is -2.47. The van der Waals surface area contributed by atoms with Gasteiger partial charge >= 0.3 is 0 Å². The van der Waals surface area contributed by atoms with Crippen LogP contribution in [0, 0.1) is 5.92 Å². The molecule has 94 valence electrons. The number of hydrogen-bond acceptors (Lipinski definition) is 2. The molecule has 1 fully saturated rings. The van der Waals surface area contributed by atoms with Crippen LogP contribution in [0.4, 0.5) is 0 Å². The number of carbonyl (C=O) groups excluding carboxylic acids is 1. The van der Waals surface area contributed by atoms with E-state index in [1.807, 2.05) is 6.92 Å². The Morgan fingerprint density at radius 3 is 2.50 bits per heavy atom. The molecule has 2 N–H and O–H groups in total. The summed E-state index contributed by atoms with van der Waals surface area (Å²) < 4.78 is 0. The minimum Gasteiger partial charge on any atom is -0.338 e. The molecule has 1 heterocycles. The Morgan fingerprint density at radius 1 is 1.38 bits per heavy atom. The highest BCUT2D eigenvalue weighted by Crippen LogP contribution is 2.31. The second kappa shape index (κ2) is 4.74. The summed E-state index contributed by atoms with van der Waals surface area (Å²) in [6.07, 6.45) is 3.69. The second-order valence-corrected chi connectivity index (χ2v) is 6.15. The third-order valence-corrected chi connectivity index (χ3v) is 3.12. The molecule has 2 unspecified atom stereocenters. The molecule has 0 aromatic carbocycles. The molecule has 0 aromatic rings. The van der Waals surface area contributed by atoms with Crippen molar-refractivity contribution >= 4 is 5.91 Å². The summed E-state index contributed by atoms with van der Waals surface area (Å²) in [5, 5.41) is 6.69. The standard InChI is InChI=1S/C13H26N2O/c1-6-7-11(16)14-13(5)9-10(2)8-12(3,4)15-13/h10,15H,6-9H2,1-5H3,(H,14,16). The summed E-state index contributed by atoms with van der Waals surface area (Å²) in [5.41, 5.74) is -0.140. The van der Waals surface area contributed by atoms with E-state index in [1.165, 1.54) is 0 Å². The molecule has 1 saturated heterocycles. The number of piperidine rings is 1.